The third-order valence-electron chi connectivity index (χ3n) is 1.80. The summed E-state index contributed by atoms with van der Waals surface area (Å²) in [6.07, 6.45) is 9.26. The van der Waals surface area contributed by atoms with Gasteiger partial charge in [-0.3, -0.25) is 5.01 Å². The zero-order chi connectivity index (χ0) is 7.68. The molecule has 0 aliphatic carbocycles. The molecule has 1 unspecified atom stereocenters. The van der Waals surface area contributed by atoms with Crippen LogP contribution >= 0.6 is 0 Å². The molecule has 1 N–H and O–H groups in total. The number of hydrogen-bond donors (Lipinski definition) is 1. The van der Waals surface area contributed by atoms with Gasteiger partial charge in [-0.05, 0) is 18.6 Å². The van der Waals surface area contributed by atoms with E-state index in [-0.39, 0.29) is 6.17 Å². The number of nitrogens with one attached hydrogen (secondary N) is 1. The van der Waals surface area contributed by atoms with Gasteiger partial charge >= 0.3 is 0 Å². The highest BCUT2D eigenvalue weighted by molar-refractivity contribution is 5.95. The summed E-state index contributed by atoms with van der Waals surface area (Å²) in [6.45, 7) is 2.12. The number of fused-ring (bicyclic) bond motifs is 1. The van der Waals surface area contributed by atoms with Gasteiger partial charge in [0.25, 0.3) is 0 Å². The van der Waals surface area contributed by atoms with Gasteiger partial charge in [0.15, 0.2) is 0 Å². The first-order valence-corrected chi connectivity index (χ1v) is 3.88. The lowest BCUT2D eigenvalue weighted by Gasteiger charge is -2.16. The minimum atomic E-state index is 0.261. The summed E-state index contributed by atoms with van der Waals surface area (Å²) in [5.41, 5.74) is 3.23. The van der Waals surface area contributed by atoms with Gasteiger partial charge in [-0.15, -0.1) is 0 Å². The van der Waals surface area contributed by atoms with E-state index in [0.29, 0.717) is 0 Å². The van der Waals surface area contributed by atoms with Crippen LogP contribution in [0.15, 0.2) is 29.4 Å². The Bertz CT molecular complexity index is 240. The molecule has 0 saturated heterocycles. The normalized spacial score (nSPS) is 27.2. The number of amidine groups is 1. The molecule has 0 amide bonds. The van der Waals surface area contributed by atoms with Gasteiger partial charge in [-0.25, -0.2) is 10.4 Å². The fourth-order valence-electron chi connectivity index (χ4n) is 1.18. The molecular weight excluding hydrogens is 138 g/mol. The first-order valence-electron chi connectivity index (χ1n) is 3.88. The molecule has 0 aromatic carbocycles. The van der Waals surface area contributed by atoms with Gasteiger partial charge in [0.05, 0.1) is 0 Å². The van der Waals surface area contributed by atoms with Gasteiger partial charge in [-0.1, -0.05) is 13.0 Å². The van der Waals surface area contributed by atoms with E-state index in [2.05, 4.69) is 17.3 Å². The SMILES string of the molecule is CCC1N=C2C=CC=CN2N1. The van der Waals surface area contributed by atoms with E-state index in [1.165, 1.54) is 0 Å². The minimum Gasteiger partial charge on any atom is -0.265 e. The van der Waals surface area contributed by atoms with Crippen LogP contribution in [0.25, 0.3) is 0 Å². The molecule has 0 saturated carbocycles. The summed E-state index contributed by atoms with van der Waals surface area (Å²) in [7, 11) is 0. The summed E-state index contributed by atoms with van der Waals surface area (Å²) < 4.78 is 0. The lowest BCUT2D eigenvalue weighted by Crippen LogP contribution is -2.36. The van der Waals surface area contributed by atoms with Gasteiger partial charge in [-0.2, -0.15) is 0 Å². The fourth-order valence-corrected chi connectivity index (χ4v) is 1.18. The maximum atomic E-state index is 4.42. The van der Waals surface area contributed by atoms with E-state index in [0.717, 1.165) is 12.3 Å². The minimum absolute atomic E-state index is 0.261. The van der Waals surface area contributed by atoms with Crippen molar-refractivity contribution >= 4 is 5.84 Å². The van der Waals surface area contributed by atoms with E-state index in [4.69, 9.17) is 0 Å². The lowest BCUT2D eigenvalue weighted by atomic mass is 10.4. The molecule has 2 rings (SSSR count). The van der Waals surface area contributed by atoms with Crippen molar-refractivity contribution in [1.82, 2.24) is 10.4 Å². The maximum absolute atomic E-state index is 4.42. The highest BCUT2D eigenvalue weighted by Gasteiger charge is 2.19. The average Bonchev–Trinajstić information content (AvgIpc) is 2.46. The van der Waals surface area contributed by atoms with Crippen molar-refractivity contribution in [3.8, 4) is 0 Å². The molecule has 0 aromatic heterocycles. The van der Waals surface area contributed by atoms with Crippen LogP contribution < -0.4 is 5.43 Å². The standard InChI is InChI=1S/C8H11N3/c1-2-7-9-8-5-3-4-6-11(8)10-7/h3-7,10H,2H2,1H3. The Morgan fingerprint density at radius 3 is 3.27 bits per heavy atom. The van der Waals surface area contributed by atoms with Crippen molar-refractivity contribution in [1.29, 1.82) is 0 Å². The molecule has 0 radical (unpaired) electrons. The van der Waals surface area contributed by atoms with Crippen LogP contribution in [0.2, 0.25) is 0 Å². The molecule has 0 fully saturated rings. The van der Waals surface area contributed by atoms with Crippen molar-refractivity contribution in [2.45, 2.75) is 19.5 Å². The highest BCUT2D eigenvalue weighted by Crippen LogP contribution is 2.10. The molecule has 0 bridgehead atoms. The number of aliphatic imine (C=N–C) groups is 1. The molecular formula is C8H11N3. The van der Waals surface area contributed by atoms with Crippen molar-refractivity contribution in [3.63, 3.8) is 0 Å². The van der Waals surface area contributed by atoms with E-state index in [1.54, 1.807) is 0 Å². The van der Waals surface area contributed by atoms with Gasteiger partial charge < -0.3 is 0 Å². The summed E-state index contributed by atoms with van der Waals surface area (Å²) in [5, 5.41) is 1.95. The van der Waals surface area contributed by atoms with Crippen LogP contribution in [0, 0.1) is 0 Å². The van der Waals surface area contributed by atoms with Crippen molar-refractivity contribution in [2.75, 3.05) is 0 Å². The Morgan fingerprint density at radius 2 is 2.55 bits per heavy atom. The number of hydrogen-bond acceptors (Lipinski definition) is 3. The molecule has 2 heterocycles. The van der Waals surface area contributed by atoms with E-state index in [1.807, 2.05) is 29.4 Å². The quantitative estimate of drug-likeness (QED) is 0.603. The van der Waals surface area contributed by atoms with E-state index in [9.17, 15) is 0 Å². The largest absolute Gasteiger partial charge is 0.265 e. The first-order chi connectivity index (χ1) is 5.40. The molecule has 3 nitrogen and oxygen atoms in total. The molecule has 1 atom stereocenters. The molecule has 3 heteroatoms. The maximum Gasteiger partial charge on any atom is 0.143 e. The Balaban J connectivity index is 2.19. The Labute approximate surface area is 66.1 Å². The second kappa shape index (κ2) is 2.51. The van der Waals surface area contributed by atoms with Crippen LogP contribution in [0.4, 0.5) is 0 Å². The van der Waals surface area contributed by atoms with E-state index < -0.39 is 0 Å². The highest BCUT2D eigenvalue weighted by atomic mass is 15.6. The molecule has 2 aliphatic rings. The fraction of sp³-hybridized carbons (Fsp3) is 0.375. The van der Waals surface area contributed by atoms with Gasteiger partial charge in [0.2, 0.25) is 0 Å². The first kappa shape index (κ1) is 6.61. The third-order valence-corrected chi connectivity index (χ3v) is 1.80. The van der Waals surface area contributed by atoms with E-state index >= 15 is 0 Å². The van der Waals surface area contributed by atoms with Crippen LogP contribution in [0.1, 0.15) is 13.3 Å². The third kappa shape index (κ3) is 1.07. The average molecular weight is 149 g/mol. The monoisotopic (exact) mass is 149 g/mol. The predicted octanol–water partition coefficient (Wildman–Crippen LogP) is 1.02. The van der Waals surface area contributed by atoms with Crippen molar-refractivity contribution in [3.05, 3.63) is 24.4 Å². The smallest absolute Gasteiger partial charge is 0.143 e. The Morgan fingerprint density at radius 1 is 1.64 bits per heavy atom. The zero-order valence-corrected chi connectivity index (χ0v) is 6.49. The van der Waals surface area contributed by atoms with Crippen molar-refractivity contribution < 1.29 is 0 Å². The Hall–Kier alpha value is -1.09. The topological polar surface area (TPSA) is 27.6 Å². The van der Waals surface area contributed by atoms with Crippen LogP contribution in [0.5, 0.6) is 0 Å². The molecule has 2 aliphatic heterocycles. The van der Waals surface area contributed by atoms with Gasteiger partial charge in [0, 0.05) is 6.20 Å². The Kier molecular flexibility index (Phi) is 1.51. The number of hydrazine groups is 1. The lowest BCUT2D eigenvalue weighted by molar-refractivity contribution is 0.374. The second-order valence-electron chi connectivity index (χ2n) is 2.61. The molecule has 11 heavy (non-hydrogen) atoms. The number of rotatable bonds is 1. The molecule has 58 valence electrons. The molecule has 0 aromatic rings. The van der Waals surface area contributed by atoms with Crippen molar-refractivity contribution in [2.24, 2.45) is 4.99 Å². The number of allylic oxidation sites excluding steroid dienone is 2. The summed E-state index contributed by atoms with van der Waals surface area (Å²) in [4.78, 5) is 4.42. The van der Waals surface area contributed by atoms with Crippen LogP contribution in [-0.2, 0) is 0 Å². The predicted molar refractivity (Wildman–Crippen MR) is 44.8 cm³/mol. The van der Waals surface area contributed by atoms with Crippen LogP contribution in [0.3, 0.4) is 0 Å². The second-order valence-corrected chi connectivity index (χ2v) is 2.61. The molecule has 0 spiro atoms. The summed E-state index contributed by atoms with van der Waals surface area (Å²) in [6, 6.07) is 0. The number of nitrogens with zero attached hydrogens (tertiary/aromatic N) is 2. The summed E-state index contributed by atoms with van der Waals surface area (Å²) in [5.74, 6) is 1.01. The van der Waals surface area contributed by atoms with Gasteiger partial charge in [0.1, 0.15) is 12.0 Å². The van der Waals surface area contributed by atoms with Crippen LogP contribution in [-0.4, -0.2) is 17.0 Å². The zero-order valence-electron chi connectivity index (χ0n) is 6.49. The summed E-state index contributed by atoms with van der Waals surface area (Å²) >= 11 is 0.